The largest absolute Gasteiger partial charge is 1.00 e. The minimum Gasteiger partial charge on any atom is -1.00 e. The molecule has 1 unspecified atom stereocenters. The summed E-state index contributed by atoms with van der Waals surface area (Å²) >= 11 is 1.74. The van der Waals surface area contributed by atoms with E-state index in [2.05, 4.69) is 88.2 Å². The Hall–Kier alpha value is -0.860. The van der Waals surface area contributed by atoms with Crippen LogP contribution in [0.5, 0.6) is 0 Å². The van der Waals surface area contributed by atoms with E-state index in [9.17, 15) is 0 Å². The molecule has 0 N–H and O–H groups in total. The van der Waals surface area contributed by atoms with Gasteiger partial charge in [0.2, 0.25) is 0 Å². The molecular formula is C25H29Cl2NSiZr-2. The number of hydrogen-bond donors (Lipinski definition) is 0. The normalized spacial score (nSPS) is 14.4. The topological polar surface area (TPSA) is 12.9 Å². The third kappa shape index (κ3) is 8.35. The molecule has 0 aliphatic heterocycles. The van der Waals surface area contributed by atoms with E-state index in [0.29, 0.717) is 5.92 Å². The molecule has 1 nitrogen and oxygen atoms in total. The molecule has 0 saturated carbocycles. The Morgan fingerprint density at radius 3 is 2.07 bits per heavy atom. The van der Waals surface area contributed by atoms with Crippen LogP contribution in [0.1, 0.15) is 27.7 Å². The maximum absolute atomic E-state index is 4.37. The number of aromatic nitrogens is 1. The van der Waals surface area contributed by atoms with Crippen molar-refractivity contribution in [2.24, 2.45) is 5.92 Å². The van der Waals surface area contributed by atoms with Crippen LogP contribution in [0, 0.1) is 12.0 Å². The number of nitrogens with zero attached hydrogens (tertiary/aromatic N) is 1. The maximum atomic E-state index is 4.37. The fourth-order valence-corrected chi connectivity index (χ4v) is 3.06. The molecule has 5 heteroatoms. The van der Waals surface area contributed by atoms with Crippen molar-refractivity contribution >= 4 is 16.2 Å². The molecule has 3 aromatic rings. The summed E-state index contributed by atoms with van der Waals surface area (Å²) < 4.78 is 0. The van der Waals surface area contributed by atoms with Crippen LogP contribution in [0.4, 0.5) is 0 Å². The molecule has 0 amide bonds. The zero-order valence-electron chi connectivity index (χ0n) is 18.6. The summed E-state index contributed by atoms with van der Waals surface area (Å²) in [6.07, 6.45) is 5.19. The van der Waals surface area contributed by atoms with Crippen molar-refractivity contribution in [2.45, 2.75) is 40.8 Å². The molecular weight excluding hydrogens is 504 g/mol. The number of rotatable bonds is 1. The van der Waals surface area contributed by atoms with Gasteiger partial charge < -0.3 is 24.8 Å². The van der Waals surface area contributed by atoms with Crippen LogP contribution in [0.25, 0.3) is 22.0 Å². The number of allylic oxidation sites excluding steroid dienone is 4. The van der Waals surface area contributed by atoms with E-state index in [0.717, 1.165) is 5.69 Å². The minimum atomic E-state index is 0. The second-order valence-corrected chi connectivity index (χ2v) is 16.7. The first kappa shape index (κ1) is 29.1. The molecule has 0 saturated heterocycles. The third-order valence-corrected chi connectivity index (χ3v) is 4.86. The van der Waals surface area contributed by atoms with Gasteiger partial charge in [0.05, 0.1) is 0 Å². The third-order valence-electron chi connectivity index (χ3n) is 4.86. The molecule has 4 rings (SSSR count). The van der Waals surface area contributed by atoms with Crippen LogP contribution in [0.15, 0.2) is 77.5 Å². The van der Waals surface area contributed by atoms with Crippen LogP contribution in [-0.2, 0) is 23.3 Å². The minimum absolute atomic E-state index is 0. The number of fused-ring (bicyclic) bond motifs is 1. The molecule has 2 aromatic carbocycles. The Labute approximate surface area is 209 Å². The number of halogens is 2. The van der Waals surface area contributed by atoms with E-state index in [1.807, 2.05) is 24.4 Å². The molecule has 30 heavy (non-hydrogen) atoms. The fourth-order valence-electron chi connectivity index (χ4n) is 3.06. The van der Waals surface area contributed by atoms with Crippen LogP contribution in [-0.4, -0.2) is 10.4 Å². The maximum Gasteiger partial charge on any atom is 0.0265 e. The van der Waals surface area contributed by atoms with E-state index in [-0.39, 0.29) is 30.2 Å². The molecule has 1 aromatic heterocycles. The van der Waals surface area contributed by atoms with Gasteiger partial charge in [-0.25, -0.2) is 5.57 Å². The summed E-state index contributed by atoms with van der Waals surface area (Å²) in [6, 6.07) is 18.7. The molecule has 1 aliphatic carbocycles. The monoisotopic (exact) mass is 531 g/mol. The van der Waals surface area contributed by atoms with Gasteiger partial charge >= 0.3 is 41.9 Å². The number of hydrogen-bond acceptors (Lipinski definition) is 1. The van der Waals surface area contributed by atoms with Crippen molar-refractivity contribution in [3.8, 4) is 11.3 Å². The molecule has 1 atom stereocenters. The first-order chi connectivity index (χ1) is 13.3. The van der Waals surface area contributed by atoms with E-state index < -0.39 is 0 Å². The average Bonchev–Trinajstić information content (AvgIpc) is 3.20. The van der Waals surface area contributed by atoms with Crippen molar-refractivity contribution in [3.63, 3.8) is 0 Å². The van der Waals surface area contributed by atoms with E-state index in [4.69, 9.17) is 0 Å². The Balaban J connectivity index is 0.000000486. The van der Waals surface area contributed by atoms with Crippen LogP contribution >= 0.6 is 0 Å². The first-order valence-electron chi connectivity index (χ1n) is 9.66. The molecule has 158 valence electrons. The van der Waals surface area contributed by atoms with Gasteiger partial charge in [-0.05, 0) is 12.1 Å². The zero-order chi connectivity index (χ0) is 20.7. The van der Waals surface area contributed by atoms with Crippen molar-refractivity contribution in [2.75, 3.05) is 0 Å². The Morgan fingerprint density at radius 1 is 1.00 bits per heavy atom. The predicted molar refractivity (Wildman–Crippen MR) is 120 cm³/mol. The molecule has 1 heterocycles. The van der Waals surface area contributed by atoms with Gasteiger partial charge in [0, 0.05) is 11.9 Å². The molecule has 0 bridgehead atoms. The van der Waals surface area contributed by atoms with Gasteiger partial charge in [0.1, 0.15) is 0 Å². The SMILES string of the molecule is CC1=[C-]C(C)C(C)=C1C.C[Si](C)=[Zr+2].[Cl-].[Cl-].c1ccc(-c2c[cH-]c3ccccc23)nc1. The second-order valence-electron chi connectivity index (χ2n) is 7.35. The first-order valence-corrected chi connectivity index (χ1v) is 15.9. The quantitative estimate of drug-likeness (QED) is 0.338. The van der Waals surface area contributed by atoms with E-state index in [1.165, 1.54) is 33.1 Å². The molecule has 0 spiro atoms. The van der Waals surface area contributed by atoms with Gasteiger partial charge in [-0.2, -0.15) is 11.1 Å². The van der Waals surface area contributed by atoms with Crippen molar-refractivity contribution < 1.29 is 48.1 Å². The zero-order valence-corrected chi connectivity index (χ0v) is 23.5. The van der Waals surface area contributed by atoms with E-state index >= 15 is 0 Å². The van der Waals surface area contributed by atoms with Gasteiger partial charge in [-0.3, -0.25) is 11.1 Å². The Kier molecular flexibility index (Phi) is 13.8. The van der Waals surface area contributed by atoms with Crippen LogP contribution in [0.2, 0.25) is 13.1 Å². The number of pyridine rings is 1. The van der Waals surface area contributed by atoms with Crippen LogP contribution < -0.4 is 24.8 Å². The standard InChI is InChI=1S/C14H10N.C9H13.C2H6Si.2ClH.Zr/c1-2-6-12-11(5-1)8-9-13(12)14-7-3-4-10-15-14;1-6-5-7(2)9(4)8(6)3;1-3-2;;;/h1-10H;6H,1-4H3;1-2H3;2*1H;/q2*-1;;;;+2/p-2. The Bertz CT molecular complexity index is 1000. The molecule has 0 fully saturated rings. The summed E-state index contributed by atoms with van der Waals surface area (Å²) in [6.45, 7) is 13.3. The van der Waals surface area contributed by atoms with Gasteiger partial charge in [0.25, 0.3) is 0 Å². The van der Waals surface area contributed by atoms with Crippen LogP contribution in [0.3, 0.4) is 0 Å². The summed E-state index contributed by atoms with van der Waals surface area (Å²) in [4.78, 5) is 4.37. The summed E-state index contributed by atoms with van der Waals surface area (Å²) in [5, 5.41) is 2.55. The van der Waals surface area contributed by atoms with Gasteiger partial charge in [-0.15, -0.1) is 53.6 Å². The molecule has 0 radical (unpaired) electrons. The summed E-state index contributed by atoms with van der Waals surface area (Å²) in [5.41, 5.74) is 6.71. The van der Waals surface area contributed by atoms with Gasteiger partial charge in [-0.1, -0.05) is 38.8 Å². The average molecular weight is 534 g/mol. The van der Waals surface area contributed by atoms with Crippen molar-refractivity contribution in [3.05, 3.63) is 83.6 Å². The Morgan fingerprint density at radius 2 is 1.60 bits per heavy atom. The van der Waals surface area contributed by atoms with Crippen molar-refractivity contribution in [1.82, 2.24) is 4.98 Å². The molecule has 1 aliphatic rings. The van der Waals surface area contributed by atoms with Crippen molar-refractivity contribution in [1.29, 1.82) is 0 Å². The summed E-state index contributed by atoms with van der Waals surface area (Å²) in [7, 11) is 0. The predicted octanol–water partition coefficient (Wildman–Crippen LogP) is 1.13. The van der Waals surface area contributed by atoms with E-state index in [1.54, 1.807) is 23.3 Å². The fraction of sp³-hybridized carbons (Fsp3) is 0.280. The smallest absolute Gasteiger partial charge is 0.0265 e. The second kappa shape index (κ2) is 14.2. The number of benzene rings is 1. The summed E-state index contributed by atoms with van der Waals surface area (Å²) in [5.74, 6) is 0.560. The van der Waals surface area contributed by atoms with Gasteiger partial charge in [0.15, 0.2) is 0 Å².